The number of likely N-dealkylation sites (tertiary alicyclic amines) is 1. The van der Waals surface area contributed by atoms with E-state index in [1.807, 2.05) is 25.1 Å². The lowest BCUT2D eigenvalue weighted by atomic mass is 9.82. The van der Waals surface area contributed by atoms with Crippen LogP contribution in [0.4, 0.5) is 5.69 Å². The largest absolute Gasteiger partial charge is 0.451 e. The summed E-state index contributed by atoms with van der Waals surface area (Å²) in [5.74, 6) is 0.502. The van der Waals surface area contributed by atoms with Crippen LogP contribution in [0.2, 0.25) is 11.3 Å². The molecule has 10 heteroatoms. The van der Waals surface area contributed by atoms with E-state index < -0.39 is 7.12 Å². The van der Waals surface area contributed by atoms with E-state index in [9.17, 15) is 0 Å². The highest BCUT2D eigenvalue weighted by atomic mass is 35.5. The molecule has 0 amide bonds. The van der Waals surface area contributed by atoms with Gasteiger partial charge in [-0.1, -0.05) is 30.5 Å². The highest BCUT2D eigenvalue weighted by Crippen LogP contribution is 2.24. The minimum atomic E-state index is -1.20. The van der Waals surface area contributed by atoms with Crippen LogP contribution in [0.1, 0.15) is 37.7 Å². The van der Waals surface area contributed by atoms with E-state index >= 15 is 0 Å². The highest BCUT2D eigenvalue weighted by molar-refractivity contribution is 7.80. The van der Waals surface area contributed by atoms with E-state index in [0.29, 0.717) is 12.2 Å². The van der Waals surface area contributed by atoms with Crippen LogP contribution in [-0.4, -0.2) is 52.5 Å². The number of thiocarbonyl (C=S) groups is 1. The summed E-state index contributed by atoms with van der Waals surface area (Å²) >= 11 is 11.7. The molecule has 1 heterocycles. The third kappa shape index (κ3) is 9.71. The lowest BCUT2D eigenvalue weighted by molar-refractivity contribution is -0.191. The van der Waals surface area contributed by atoms with Gasteiger partial charge in [-0.25, -0.2) is 0 Å². The normalized spacial score (nSPS) is 15.0. The third-order valence-corrected chi connectivity index (χ3v) is 5.87. The van der Waals surface area contributed by atoms with E-state index in [1.165, 1.54) is 0 Å². The van der Waals surface area contributed by atoms with E-state index in [0.717, 1.165) is 66.6 Å². The van der Waals surface area contributed by atoms with Gasteiger partial charge in [-0.05, 0) is 68.3 Å². The number of halogens is 1. The molecule has 1 atom stereocenters. The molecule has 1 unspecified atom stereocenters. The molecule has 1 fully saturated rings. The third-order valence-electron chi connectivity index (χ3n) is 5.11. The second kappa shape index (κ2) is 13.7. The molecule has 1 aromatic rings. The summed E-state index contributed by atoms with van der Waals surface area (Å²) in [6, 6.07) is 6.04. The Hall–Kier alpha value is -1.48. The summed E-state index contributed by atoms with van der Waals surface area (Å²) < 4.78 is 0. The Labute approximate surface area is 182 Å². The number of aryl methyl sites for hydroxylation is 1. The van der Waals surface area contributed by atoms with Crippen molar-refractivity contribution in [1.29, 1.82) is 0 Å². The quantitative estimate of drug-likeness (QED) is 0.290. The molecule has 1 aliphatic heterocycles. The fourth-order valence-electron chi connectivity index (χ4n) is 3.35. The van der Waals surface area contributed by atoms with Gasteiger partial charge in [-0.2, -0.15) is 9.59 Å². The monoisotopic (exact) mass is 441 g/mol. The Kier molecular flexibility index (Phi) is 12.1. The number of rotatable bonds is 7. The van der Waals surface area contributed by atoms with Gasteiger partial charge in [0.05, 0.1) is 0 Å². The molecule has 0 bridgehead atoms. The molecule has 0 aliphatic carbocycles. The zero-order valence-electron chi connectivity index (χ0n) is 16.6. The van der Waals surface area contributed by atoms with E-state index in [-0.39, 0.29) is 12.2 Å². The lowest BCUT2D eigenvalue weighted by Crippen LogP contribution is -2.44. The molecule has 1 saturated heterocycles. The molecule has 1 aromatic carbocycles. The van der Waals surface area contributed by atoms with Gasteiger partial charge in [0.15, 0.2) is 5.11 Å². The highest BCUT2D eigenvalue weighted by Gasteiger charge is 2.25. The van der Waals surface area contributed by atoms with Gasteiger partial charge in [-0.15, -0.1) is 0 Å². The summed E-state index contributed by atoms with van der Waals surface area (Å²) in [6.45, 7) is 3.78. The standard InChI is InChI=1S/C18H29BClN3O2S.CO2/c1-13-5-6-15(12-16(13)20)22-18(26)23-10-7-14(8-11-23)17(21)4-2-3-9-19(24)25;2-1-3/h5-6,12,14,17,24-25H,2-4,7-11,21H2,1H3,(H,22,26);. The fraction of sp³-hybridized carbons (Fsp3) is 0.579. The van der Waals surface area contributed by atoms with E-state index in [4.69, 9.17) is 49.2 Å². The van der Waals surface area contributed by atoms with Crippen LogP contribution in [0.15, 0.2) is 18.2 Å². The smallest absolute Gasteiger partial charge is 0.427 e. The number of nitrogens with zero attached hydrogens (tertiary/aromatic N) is 1. The van der Waals surface area contributed by atoms with E-state index in [2.05, 4.69) is 10.2 Å². The summed E-state index contributed by atoms with van der Waals surface area (Å²) in [7, 11) is -1.20. The van der Waals surface area contributed by atoms with Crippen molar-refractivity contribution in [1.82, 2.24) is 4.90 Å². The van der Waals surface area contributed by atoms with Crippen LogP contribution in [0, 0.1) is 12.8 Å². The van der Waals surface area contributed by atoms with Crippen LogP contribution in [0.5, 0.6) is 0 Å². The lowest BCUT2D eigenvalue weighted by Gasteiger charge is -2.36. The zero-order chi connectivity index (χ0) is 21.8. The number of unbranched alkanes of at least 4 members (excludes halogenated alkanes) is 1. The van der Waals surface area contributed by atoms with Gasteiger partial charge >= 0.3 is 13.3 Å². The molecule has 0 radical (unpaired) electrons. The molecule has 5 N–H and O–H groups in total. The Morgan fingerprint density at radius 3 is 2.55 bits per heavy atom. The maximum absolute atomic E-state index is 8.88. The first-order chi connectivity index (χ1) is 13.8. The van der Waals surface area contributed by atoms with Gasteiger partial charge in [0.25, 0.3) is 0 Å². The number of hydrogen-bond acceptors (Lipinski definition) is 6. The number of carbonyl (C=O) groups excluding carboxylic acids is 2. The summed E-state index contributed by atoms with van der Waals surface area (Å²) in [6.07, 6.45) is 5.40. The molecule has 0 saturated carbocycles. The molecule has 0 aromatic heterocycles. The second-order valence-electron chi connectivity index (χ2n) is 7.23. The van der Waals surface area contributed by atoms with Crippen LogP contribution in [0.25, 0.3) is 0 Å². The van der Waals surface area contributed by atoms with Crippen LogP contribution in [0.3, 0.4) is 0 Å². The summed E-state index contributed by atoms with van der Waals surface area (Å²) in [5, 5.41) is 22.5. The Morgan fingerprint density at radius 2 is 2.00 bits per heavy atom. The van der Waals surface area contributed by atoms with Crippen molar-refractivity contribution in [2.75, 3.05) is 18.4 Å². The van der Waals surface area contributed by atoms with E-state index in [1.54, 1.807) is 0 Å². The SMILES string of the molecule is Cc1ccc(NC(=S)N2CCC(C(N)CCCCB(O)O)CC2)cc1Cl.O=C=O. The number of nitrogens with two attached hydrogens (primary N) is 1. The second-order valence-corrected chi connectivity index (χ2v) is 8.02. The molecule has 1 aliphatic rings. The van der Waals surface area contributed by atoms with Gasteiger partial charge in [-0.3, -0.25) is 0 Å². The van der Waals surface area contributed by atoms with Crippen molar-refractivity contribution in [3.63, 3.8) is 0 Å². The first-order valence-electron chi connectivity index (χ1n) is 9.71. The molecule has 7 nitrogen and oxygen atoms in total. The number of hydrogen-bond donors (Lipinski definition) is 4. The van der Waals surface area contributed by atoms with Crippen molar-refractivity contribution < 1.29 is 19.6 Å². The van der Waals surface area contributed by atoms with Crippen LogP contribution >= 0.6 is 23.8 Å². The van der Waals surface area contributed by atoms with Gasteiger partial charge in [0, 0.05) is 29.8 Å². The van der Waals surface area contributed by atoms with Crippen molar-refractivity contribution in [2.45, 2.75) is 51.4 Å². The average molecular weight is 442 g/mol. The fourth-order valence-corrected chi connectivity index (χ4v) is 3.83. The van der Waals surface area contributed by atoms with Crippen LogP contribution in [-0.2, 0) is 9.59 Å². The van der Waals surface area contributed by atoms with Crippen molar-refractivity contribution in [2.24, 2.45) is 11.7 Å². The predicted molar refractivity (Wildman–Crippen MR) is 119 cm³/mol. The Morgan fingerprint density at radius 1 is 1.38 bits per heavy atom. The Balaban J connectivity index is 0.00000132. The van der Waals surface area contributed by atoms with Crippen molar-refractivity contribution in [3.8, 4) is 0 Å². The molecular weight excluding hydrogens is 413 g/mol. The minimum absolute atomic E-state index is 0.172. The molecule has 0 spiro atoms. The molecule has 2 rings (SSSR count). The minimum Gasteiger partial charge on any atom is -0.427 e. The van der Waals surface area contributed by atoms with Gasteiger partial charge in [0.2, 0.25) is 0 Å². The molecule has 160 valence electrons. The first kappa shape index (κ1) is 25.6. The predicted octanol–water partition coefficient (Wildman–Crippen LogP) is 2.44. The van der Waals surface area contributed by atoms with Gasteiger partial charge < -0.3 is 26.0 Å². The number of piperidine rings is 1. The molecular formula is C19H29BClN3O4S. The van der Waals surface area contributed by atoms with Crippen LogP contribution < -0.4 is 11.1 Å². The number of benzene rings is 1. The van der Waals surface area contributed by atoms with Crippen molar-refractivity contribution in [3.05, 3.63) is 28.8 Å². The summed E-state index contributed by atoms with van der Waals surface area (Å²) in [4.78, 5) is 18.4. The van der Waals surface area contributed by atoms with Gasteiger partial charge in [0.1, 0.15) is 0 Å². The topological polar surface area (TPSA) is 116 Å². The maximum atomic E-state index is 8.88. The molecule has 29 heavy (non-hydrogen) atoms. The number of nitrogens with one attached hydrogen (secondary N) is 1. The Bertz CT molecular complexity index is 681. The summed E-state index contributed by atoms with van der Waals surface area (Å²) in [5.41, 5.74) is 8.29. The van der Waals surface area contributed by atoms with Crippen molar-refractivity contribution >= 4 is 47.9 Å². The average Bonchev–Trinajstić information content (AvgIpc) is 2.68. The zero-order valence-corrected chi connectivity index (χ0v) is 18.2. The number of anilines is 1. The first-order valence-corrected chi connectivity index (χ1v) is 10.5. The maximum Gasteiger partial charge on any atom is 0.451 e.